The summed E-state index contributed by atoms with van der Waals surface area (Å²) in [6.45, 7) is 0. The molecule has 2 rings (SSSR count). The molecule has 0 aliphatic heterocycles. The Hall–Kier alpha value is -0.480. The molecule has 1 amide bonds. The molecule has 1 aliphatic rings. The topological polar surface area (TPSA) is 29.1 Å². The third-order valence-corrected chi connectivity index (χ3v) is 5.52. The maximum atomic E-state index is 11.9. The van der Waals surface area contributed by atoms with E-state index in [4.69, 9.17) is 0 Å². The van der Waals surface area contributed by atoms with Gasteiger partial charge in [-0.2, -0.15) is 0 Å². The maximum absolute atomic E-state index is 11.9. The van der Waals surface area contributed by atoms with Crippen LogP contribution in [0, 0.1) is 0 Å². The zero-order valence-corrected chi connectivity index (χ0v) is 14.1. The summed E-state index contributed by atoms with van der Waals surface area (Å²) in [7, 11) is 0. The lowest BCUT2D eigenvalue weighted by Gasteiger charge is -2.14. The molecule has 0 unspecified atom stereocenters. The predicted molar refractivity (Wildman–Crippen MR) is 90.8 cm³/mol. The highest BCUT2D eigenvalue weighted by molar-refractivity contribution is 9.09. The largest absolute Gasteiger partial charge is 0.325 e. The van der Waals surface area contributed by atoms with Crippen molar-refractivity contribution in [1.82, 2.24) is 0 Å². The van der Waals surface area contributed by atoms with Gasteiger partial charge >= 0.3 is 0 Å². The van der Waals surface area contributed by atoms with Gasteiger partial charge in [-0.05, 0) is 37.8 Å². The fourth-order valence-corrected chi connectivity index (χ4v) is 4.18. The first kappa shape index (κ1) is 15.9. The van der Waals surface area contributed by atoms with Crippen molar-refractivity contribution >= 4 is 39.3 Å². The van der Waals surface area contributed by atoms with Gasteiger partial charge in [-0.1, -0.05) is 40.9 Å². The zero-order valence-electron chi connectivity index (χ0n) is 11.7. The van der Waals surface area contributed by atoms with Crippen molar-refractivity contribution in [2.45, 2.75) is 55.1 Å². The van der Waals surface area contributed by atoms with Crippen LogP contribution in [0.4, 0.5) is 5.69 Å². The lowest BCUT2D eigenvalue weighted by atomic mass is 10.2. The first-order valence-corrected chi connectivity index (χ1v) is 9.41. The van der Waals surface area contributed by atoms with Crippen molar-refractivity contribution in [1.29, 1.82) is 0 Å². The lowest BCUT2D eigenvalue weighted by molar-refractivity contribution is -0.116. The lowest BCUT2D eigenvalue weighted by Crippen LogP contribution is -2.12. The molecule has 1 fully saturated rings. The van der Waals surface area contributed by atoms with E-state index >= 15 is 0 Å². The monoisotopic (exact) mass is 355 g/mol. The standard InChI is InChI=1S/C16H22BrNOS/c17-12-6-5-11-16(19)18-14-9-3-4-10-15(14)20-13-7-1-2-8-13/h3-4,9-10,13H,1-2,5-8,11-12H2,(H,18,19). The molecule has 1 aromatic rings. The van der Waals surface area contributed by atoms with Crippen molar-refractivity contribution in [2.75, 3.05) is 10.6 Å². The average Bonchev–Trinajstić information content (AvgIpc) is 2.94. The number of benzene rings is 1. The van der Waals surface area contributed by atoms with Crippen LogP contribution in [0.25, 0.3) is 0 Å². The van der Waals surface area contributed by atoms with Gasteiger partial charge in [-0.25, -0.2) is 0 Å². The van der Waals surface area contributed by atoms with Crippen LogP contribution in [0.5, 0.6) is 0 Å². The van der Waals surface area contributed by atoms with E-state index < -0.39 is 0 Å². The van der Waals surface area contributed by atoms with Crippen LogP contribution in [0.15, 0.2) is 29.2 Å². The highest BCUT2D eigenvalue weighted by Crippen LogP contribution is 2.38. The van der Waals surface area contributed by atoms with Crippen LogP contribution >= 0.6 is 27.7 Å². The Morgan fingerprint density at radius 3 is 2.75 bits per heavy atom. The minimum absolute atomic E-state index is 0.130. The number of carbonyl (C=O) groups is 1. The second-order valence-corrected chi connectivity index (χ2v) is 7.35. The number of hydrogen-bond donors (Lipinski definition) is 1. The zero-order chi connectivity index (χ0) is 14.2. The summed E-state index contributed by atoms with van der Waals surface area (Å²) in [4.78, 5) is 13.2. The average molecular weight is 356 g/mol. The summed E-state index contributed by atoms with van der Waals surface area (Å²) in [6, 6.07) is 8.18. The molecular formula is C16H22BrNOS. The van der Waals surface area contributed by atoms with E-state index in [0.29, 0.717) is 6.42 Å². The van der Waals surface area contributed by atoms with Gasteiger partial charge in [0.25, 0.3) is 0 Å². The van der Waals surface area contributed by atoms with Crippen molar-refractivity contribution in [3.63, 3.8) is 0 Å². The number of anilines is 1. The summed E-state index contributed by atoms with van der Waals surface area (Å²) < 4.78 is 0. The Balaban J connectivity index is 1.91. The predicted octanol–water partition coefficient (Wildman–Crippen LogP) is 5.23. The highest BCUT2D eigenvalue weighted by Gasteiger charge is 2.17. The van der Waals surface area contributed by atoms with Crippen molar-refractivity contribution < 1.29 is 4.79 Å². The number of nitrogens with one attached hydrogen (secondary N) is 1. The van der Waals surface area contributed by atoms with Crippen LogP contribution < -0.4 is 5.32 Å². The second kappa shape index (κ2) is 8.73. The summed E-state index contributed by atoms with van der Waals surface area (Å²) in [5.41, 5.74) is 0.980. The third-order valence-electron chi connectivity index (χ3n) is 3.54. The summed E-state index contributed by atoms with van der Waals surface area (Å²) in [5.74, 6) is 0.130. The SMILES string of the molecule is O=C(CCCCBr)Nc1ccccc1SC1CCCC1. The fourth-order valence-electron chi connectivity index (χ4n) is 2.45. The van der Waals surface area contributed by atoms with Gasteiger partial charge in [0, 0.05) is 21.9 Å². The first-order valence-electron chi connectivity index (χ1n) is 7.41. The van der Waals surface area contributed by atoms with E-state index in [1.807, 2.05) is 23.9 Å². The molecule has 20 heavy (non-hydrogen) atoms. The van der Waals surface area contributed by atoms with Gasteiger partial charge in [-0.15, -0.1) is 11.8 Å². The van der Waals surface area contributed by atoms with E-state index in [2.05, 4.69) is 33.4 Å². The molecule has 4 heteroatoms. The van der Waals surface area contributed by atoms with Crippen LogP contribution in [-0.4, -0.2) is 16.5 Å². The number of amides is 1. The number of hydrogen-bond acceptors (Lipinski definition) is 2. The van der Waals surface area contributed by atoms with Gasteiger partial charge in [0.2, 0.25) is 5.91 Å². The summed E-state index contributed by atoms with van der Waals surface area (Å²) in [5, 5.41) is 4.76. The number of para-hydroxylation sites is 1. The number of unbranched alkanes of at least 4 members (excludes halogenated alkanes) is 1. The van der Waals surface area contributed by atoms with Gasteiger partial charge in [-0.3, -0.25) is 4.79 Å². The Morgan fingerprint density at radius 1 is 1.25 bits per heavy atom. The molecule has 0 saturated heterocycles. The van der Waals surface area contributed by atoms with Crippen LogP contribution in [-0.2, 0) is 4.79 Å². The van der Waals surface area contributed by atoms with Gasteiger partial charge < -0.3 is 5.32 Å². The number of rotatable bonds is 7. The molecule has 0 radical (unpaired) electrons. The normalized spacial score (nSPS) is 15.4. The van der Waals surface area contributed by atoms with Crippen molar-refractivity contribution in [2.24, 2.45) is 0 Å². The van der Waals surface area contributed by atoms with Gasteiger partial charge in [0.15, 0.2) is 0 Å². The third kappa shape index (κ3) is 5.13. The smallest absolute Gasteiger partial charge is 0.224 e. The molecule has 0 spiro atoms. The second-order valence-electron chi connectivity index (χ2n) is 5.21. The molecule has 110 valence electrons. The molecule has 2 nitrogen and oxygen atoms in total. The molecule has 1 saturated carbocycles. The fraction of sp³-hybridized carbons (Fsp3) is 0.562. The van der Waals surface area contributed by atoms with Crippen LogP contribution in [0.3, 0.4) is 0 Å². The minimum Gasteiger partial charge on any atom is -0.325 e. The number of halogens is 1. The summed E-state index contributed by atoms with van der Waals surface area (Å²) >= 11 is 5.32. The number of alkyl halides is 1. The molecule has 0 aromatic heterocycles. The molecule has 0 atom stereocenters. The number of carbonyl (C=O) groups excluding carboxylic acids is 1. The van der Waals surface area contributed by atoms with E-state index in [-0.39, 0.29) is 5.91 Å². The Kier molecular flexibility index (Phi) is 6.94. The summed E-state index contributed by atoms with van der Waals surface area (Å²) in [6.07, 6.45) is 7.89. The molecule has 1 N–H and O–H groups in total. The first-order chi connectivity index (χ1) is 9.79. The van der Waals surface area contributed by atoms with Crippen molar-refractivity contribution in [3.8, 4) is 0 Å². The van der Waals surface area contributed by atoms with Gasteiger partial charge in [0.1, 0.15) is 0 Å². The molecule has 1 aliphatic carbocycles. The molecule has 1 aromatic carbocycles. The quantitative estimate of drug-likeness (QED) is 0.536. The Labute approximate surface area is 134 Å². The Bertz CT molecular complexity index is 432. The van der Waals surface area contributed by atoms with Crippen LogP contribution in [0.2, 0.25) is 0 Å². The van der Waals surface area contributed by atoms with E-state index in [1.54, 1.807) is 0 Å². The molecule has 0 heterocycles. The minimum atomic E-state index is 0.130. The maximum Gasteiger partial charge on any atom is 0.224 e. The van der Waals surface area contributed by atoms with Crippen LogP contribution in [0.1, 0.15) is 44.9 Å². The molecular weight excluding hydrogens is 334 g/mol. The number of thioether (sulfide) groups is 1. The highest BCUT2D eigenvalue weighted by atomic mass is 79.9. The Morgan fingerprint density at radius 2 is 2.00 bits per heavy atom. The van der Waals surface area contributed by atoms with E-state index in [0.717, 1.165) is 29.1 Å². The van der Waals surface area contributed by atoms with Crippen molar-refractivity contribution in [3.05, 3.63) is 24.3 Å². The van der Waals surface area contributed by atoms with E-state index in [9.17, 15) is 4.79 Å². The molecule has 0 bridgehead atoms. The van der Waals surface area contributed by atoms with E-state index in [1.165, 1.54) is 30.6 Å². The van der Waals surface area contributed by atoms with Gasteiger partial charge in [0.05, 0.1) is 5.69 Å².